The second kappa shape index (κ2) is 13.3. The van der Waals surface area contributed by atoms with Crippen LogP contribution >= 0.6 is 23.2 Å². The Morgan fingerprint density at radius 3 is 2.33 bits per heavy atom. The Balaban J connectivity index is 1.45. The topological polar surface area (TPSA) is 49.4 Å². The van der Waals surface area contributed by atoms with Gasteiger partial charge in [-0.15, -0.1) is 0 Å². The number of benzene rings is 4. The van der Waals surface area contributed by atoms with Crippen molar-refractivity contribution in [3.05, 3.63) is 118 Å². The number of aryl methyl sites for hydroxylation is 1. The fraction of sp³-hybridized carbons (Fsp3) is 0.294. The lowest BCUT2D eigenvalue weighted by Crippen LogP contribution is -2.52. The van der Waals surface area contributed by atoms with Gasteiger partial charge in [-0.3, -0.25) is 9.59 Å². The molecule has 0 heterocycles. The fourth-order valence-electron chi connectivity index (χ4n) is 5.65. The molecule has 0 spiro atoms. The molecular weight excluding hydrogens is 539 g/mol. The Labute approximate surface area is 246 Å². The molecule has 206 valence electrons. The highest BCUT2D eigenvalue weighted by Gasteiger charge is 2.32. The van der Waals surface area contributed by atoms with Gasteiger partial charge in [-0.1, -0.05) is 115 Å². The van der Waals surface area contributed by atoms with Crippen molar-refractivity contribution < 1.29 is 9.59 Å². The first-order valence-electron chi connectivity index (χ1n) is 14.0. The van der Waals surface area contributed by atoms with E-state index >= 15 is 0 Å². The van der Waals surface area contributed by atoms with Crippen LogP contribution < -0.4 is 5.32 Å². The maximum absolute atomic E-state index is 14.1. The van der Waals surface area contributed by atoms with Crippen LogP contribution in [0.25, 0.3) is 10.8 Å². The van der Waals surface area contributed by atoms with Gasteiger partial charge >= 0.3 is 0 Å². The summed E-state index contributed by atoms with van der Waals surface area (Å²) in [5.41, 5.74) is 2.96. The molecule has 0 bridgehead atoms. The fourth-order valence-corrected chi connectivity index (χ4v) is 5.97. The van der Waals surface area contributed by atoms with Gasteiger partial charge in [0.15, 0.2) is 0 Å². The number of halogens is 2. The zero-order chi connectivity index (χ0) is 27.9. The largest absolute Gasteiger partial charge is 0.352 e. The van der Waals surface area contributed by atoms with Crippen molar-refractivity contribution in [1.29, 1.82) is 0 Å². The number of nitrogens with one attached hydrogen (secondary N) is 1. The highest BCUT2D eigenvalue weighted by atomic mass is 35.5. The van der Waals surface area contributed by atoms with E-state index in [1.807, 2.05) is 54.6 Å². The molecule has 40 heavy (non-hydrogen) atoms. The number of nitrogens with zero attached hydrogens (tertiary/aromatic N) is 1. The highest BCUT2D eigenvalue weighted by molar-refractivity contribution is 6.42. The molecule has 2 amide bonds. The monoisotopic (exact) mass is 572 g/mol. The summed E-state index contributed by atoms with van der Waals surface area (Å²) in [7, 11) is 0. The van der Waals surface area contributed by atoms with Crippen molar-refractivity contribution >= 4 is 45.8 Å². The predicted octanol–water partition coefficient (Wildman–Crippen LogP) is 7.78. The number of hydrogen-bond donors (Lipinski definition) is 1. The molecule has 0 aromatic heterocycles. The molecule has 1 aliphatic carbocycles. The van der Waals surface area contributed by atoms with Crippen LogP contribution in [0.5, 0.6) is 0 Å². The van der Waals surface area contributed by atoms with E-state index in [4.69, 9.17) is 23.2 Å². The van der Waals surface area contributed by atoms with Crippen molar-refractivity contribution in [3.8, 4) is 0 Å². The SMILES string of the molecule is O=C(NC1CCCC1)[C@@H](Cc1ccccc1)N(Cc1ccc(Cl)c(Cl)c1)C(=O)CCc1cccc2ccccc12. The van der Waals surface area contributed by atoms with E-state index in [1.165, 1.54) is 0 Å². The van der Waals surface area contributed by atoms with Gasteiger partial charge in [0.1, 0.15) is 6.04 Å². The molecule has 1 aliphatic rings. The molecule has 1 saturated carbocycles. The normalized spacial score (nSPS) is 14.2. The van der Waals surface area contributed by atoms with E-state index in [-0.39, 0.29) is 30.8 Å². The van der Waals surface area contributed by atoms with Crippen LogP contribution in [0.4, 0.5) is 0 Å². The minimum absolute atomic E-state index is 0.0680. The summed E-state index contributed by atoms with van der Waals surface area (Å²) < 4.78 is 0. The number of fused-ring (bicyclic) bond motifs is 1. The van der Waals surface area contributed by atoms with E-state index < -0.39 is 6.04 Å². The van der Waals surface area contributed by atoms with Gasteiger partial charge in [-0.2, -0.15) is 0 Å². The summed E-state index contributed by atoms with van der Waals surface area (Å²) in [4.78, 5) is 29.7. The van der Waals surface area contributed by atoms with Crippen LogP contribution in [0.2, 0.25) is 10.0 Å². The predicted molar refractivity (Wildman–Crippen MR) is 164 cm³/mol. The first-order chi connectivity index (χ1) is 19.5. The molecule has 0 saturated heterocycles. The molecule has 0 aliphatic heterocycles. The summed E-state index contributed by atoms with van der Waals surface area (Å²) >= 11 is 12.5. The average Bonchev–Trinajstić information content (AvgIpc) is 3.49. The van der Waals surface area contributed by atoms with E-state index in [0.29, 0.717) is 22.9 Å². The third-order valence-corrected chi connectivity index (χ3v) is 8.54. The summed E-state index contributed by atoms with van der Waals surface area (Å²) in [6, 6.07) is 29.2. The Hall–Kier alpha value is -3.34. The van der Waals surface area contributed by atoms with Gasteiger partial charge in [-0.05, 0) is 58.9 Å². The second-order valence-electron chi connectivity index (χ2n) is 10.6. The van der Waals surface area contributed by atoms with E-state index in [0.717, 1.165) is 53.1 Å². The third kappa shape index (κ3) is 7.04. The maximum atomic E-state index is 14.1. The molecule has 0 radical (unpaired) electrons. The average molecular weight is 574 g/mol. The van der Waals surface area contributed by atoms with Crippen LogP contribution in [-0.2, 0) is 29.0 Å². The number of rotatable bonds is 10. The molecule has 4 nitrogen and oxygen atoms in total. The Morgan fingerprint density at radius 1 is 0.825 bits per heavy atom. The minimum Gasteiger partial charge on any atom is -0.352 e. The summed E-state index contributed by atoms with van der Waals surface area (Å²) in [6.07, 6.45) is 5.49. The quantitative estimate of drug-likeness (QED) is 0.211. The van der Waals surface area contributed by atoms with Crippen molar-refractivity contribution in [2.45, 2.75) is 63.6 Å². The lowest BCUT2D eigenvalue weighted by atomic mass is 9.99. The van der Waals surface area contributed by atoms with Crippen LogP contribution in [0.15, 0.2) is 91.0 Å². The summed E-state index contributed by atoms with van der Waals surface area (Å²) in [6.45, 7) is 0.265. The van der Waals surface area contributed by atoms with Gasteiger partial charge in [-0.25, -0.2) is 0 Å². The van der Waals surface area contributed by atoms with Gasteiger partial charge < -0.3 is 10.2 Å². The van der Waals surface area contributed by atoms with Crippen molar-refractivity contribution in [3.63, 3.8) is 0 Å². The van der Waals surface area contributed by atoms with Crippen LogP contribution in [0.3, 0.4) is 0 Å². The van der Waals surface area contributed by atoms with Gasteiger partial charge in [0.05, 0.1) is 10.0 Å². The lowest BCUT2D eigenvalue weighted by molar-refractivity contribution is -0.141. The van der Waals surface area contributed by atoms with Gasteiger partial charge in [0.2, 0.25) is 11.8 Å². The minimum atomic E-state index is -0.655. The van der Waals surface area contributed by atoms with Crippen LogP contribution in [0.1, 0.15) is 48.8 Å². The standard InChI is InChI=1S/C34H34Cl2N2O2/c35-30-19-17-25(21-31(30)36)23-38(33(39)20-18-27-13-8-12-26-11-4-7-16-29(26)27)32(22-24-9-2-1-3-10-24)34(40)37-28-14-5-6-15-28/h1-4,7-13,16-17,19,21,28,32H,5-6,14-15,18,20,22-23H2,(H,37,40)/t32-/m1/s1. The van der Waals surface area contributed by atoms with Crippen LogP contribution in [0, 0.1) is 0 Å². The van der Waals surface area contributed by atoms with Crippen LogP contribution in [-0.4, -0.2) is 28.8 Å². The van der Waals surface area contributed by atoms with Crippen molar-refractivity contribution in [2.75, 3.05) is 0 Å². The zero-order valence-corrected chi connectivity index (χ0v) is 24.0. The summed E-state index contributed by atoms with van der Waals surface area (Å²) in [5.74, 6) is -0.171. The Kier molecular flexibility index (Phi) is 9.41. The van der Waals surface area contributed by atoms with Crippen molar-refractivity contribution in [1.82, 2.24) is 10.2 Å². The third-order valence-electron chi connectivity index (χ3n) is 7.80. The molecule has 0 unspecified atom stereocenters. The van der Waals surface area contributed by atoms with Gasteiger partial charge in [0, 0.05) is 25.4 Å². The highest BCUT2D eigenvalue weighted by Crippen LogP contribution is 2.26. The second-order valence-corrected chi connectivity index (χ2v) is 11.4. The number of carbonyl (C=O) groups is 2. The molecule has 1 N–H and O–H groups in total. The first-order valence-corrected chi connectivity index (χ1v) is 14.8. The Morgan fingerprint density at radius 2 is 1.55 bits per heavy atom. The van der Waals surface area contributed by atoms with E-state index in [2.05, 4.69) is 29.6 Å². The number of carbonyl (C=O) groups excluding carboxylic acids is 2. The maximum Gasteiger partial charge on any atom is 0.243 e. The number of amides is 2. The molecular formula is C34H34Cl2N2O2. The lowest BCUT2D eigenvalue weighted by Gasteiger charge is -2.32. The van der Waals surface area contributed by atoms with Gasteiger partial charge in [0.25, 0.3) is 0 Å². The van der Waals surface area contributed by atoms with Crippen molar-refractivity contribution in [2.24, 2.45) is 0 Å². The molecule has 1 atom stereocenters. The number of hydrogen-bond acceptors (Lipinski definition) is 2. The molecule has 4 aromatic carbocycles. The molecule has 1 fully saturated rings. The first kappa shape index (κ1) is 28.2. The molecule has 5 rings (SSSR count). The molecule has 4 aromatic rings. The zero-order valence-electron chi connectivity index (χ0n) is 22.5. The Bertz CT molecular complexity index is 1460. The van der Waals surface area contributed by atoms with E-state index in [9.17, 15) is 9.59 Å². The molecule has 6 heteroatoms. The smallest absolute Gasteiger partial charge is 0.243 e. The van der Waals surface area contributed by atoms with E-state index in [1.54, 1.807) is 17.0 Å². The summed E-state index contributed by atoms with van der Waals surface area (Å²) in [5, 5.41) is 6.44.